The fraction of sp³-hybridized carbons (Fsp3) is 0.455. The van der Waals surface area contributed by atoms with Crippen LogP contribution in [-0.4, -0.2) is 28.2 Å². The van der Waals surface area contributed by atoms with Crippen molar-refractivity contribution in [3.8, 4) is 0 Å². The van der Waals surface area contributed by atoms with E-state index in [0.717, 1.165) is 0 Å². The normalized spacial score (nSPS) is 13.6. The van der Waals surface area contributed by atoms with Gasteiger partial charge in [0.1, 0.15) is 0 Å². The van der Waals surface area contributed by atoms with E-state index in [4.69, 9.17) is 16.3 Å². The molecule has 0 aliphatic heterocycles. The van der Waals surface area contributed by atoms with Gasteiger partial charge in [0.25, 0.3) is 0 Å². The predicted molar refractivity (Wildman–Crippen MR) is 67.7 cm³/mol. The number of benzene rings is 1. The average Bonchev–Trinajstić information content (AvgIpc) is 2.35. The van der Waals surface area contributed by atoms with E-state index in [2.05, 4.69) is 4.72 Å². The minimum atomic E-state index is -3.52. The second kappa shape index (κ2) is 6.35. The Morgan fingerprint density at radius 1 is 1.41 bits per heavy atom. The first-order chi connectivity index (χ1) is 8.01. The third-order valence-electron chi connectivity index (χ3n) is 2.37. The number of hydrogen-bond acceptors (Lipinski definition) is 3. The molecule has 0 fully saturated rings. The van der Waals surface area contributed by atoms with Crippen LogP contribution >= 0.6 is 11.6 Å². The summed E-state index contributed by atoms with van der Waals surface area (Å²) in [6.07, 6.45) is -0.173. The summed E-state index contributed by atoms with van der Waals surface area (Å²) in [5.74, 6) is 0.164. The zero-order valence-corrected chi connectivity index (χ0v) is 11.4. The maximum atomic E-state index is 12.0. The Morgan fingerprint density at radius 3 is 2.65 bits per heavy atom. The molecule has 0 bridgehead atoms. The molecule has 0 heterocycles. The molecular weight excluding hydrogens is 262 g/mol. The molecule has 96 valence electrons. The number of halogens is 1. The molecule has 0 aliphatic rings. The van der Waals surface area contributed by atoms with E-state index in [0.29, 0.717) is 5.56 Å². The van der Waals surface area contributed by atoms with Gasteiger partial charge in [0.15, 0.2) is 0 Å². The molecule has 1 N–H and O–H groups in total. The number of methoxy groups -OCH3 is 1. The van der Waals surface area contributed by atoms with Gasteiger partial charge in [-0.1, -0.05) is 18.2 Å². The van der Waals surface area contributed by atoms with Crippen molar-refractivity contribution in [1.29, 1.82) is 0 Å². The summed E-state index contributed by atoms with van der Waals surface area (Å²) in [5, 5.41) is 0. The Balaban J connectivity index is 2.89. The summed E-state index contributed by atoms with van der Waals surface area (Å²) in [5.41, 5.74) is 0.590. The molecule has 4 nitrogen and oxygen atoms in total. The predicted octanol–water partition coefficient (Wildman–Crippen LogP) is 1.74. The summed E-state index contributed by atoms with van der Waals surface area (Å²) in [6, 6.07) is 6.66. The van der Waals surface area contributed by atoms with Crippen LogP contribution in [-0.2, 0) is 20.6 Å². The van der Waals surface area contributed by atoms with Crippen molar-refractivity contribution in [3.05, 3.63) is 29.8 Å². The van der Waals surface area contributed by atoms with Crippen molar-refractivity contribution in [2.45, 2.75) is 23.8 Å². The van der Waals surface area contributed by atoms with Crippen LogP contribution in [0.2, 0.25) is 0 Å². The van der Waals surface area contributed by atoms with Crippen molar-refractivity contribution >= 4 is 21.6 Å². The molecule has 17 heavy (non-hydrogen) atoms. The van der Waals surface area contributed by atoms with Crippen molar-refractivity contribution in [2.24, 2.45) is 0 Å². The molecule has 0 aliphatic carbocycles. The molecule has 1 aromatic rings. The zero-order valence-electron chi connectivity index (χ0n) is 9.81. The van der Waals surface area contributed by atoms with Crippen LogP contribution in [0.5, 0.6) is 0 Å². The summed E-state index contributed by atoms with van der Waals surface area (Å²) in [7, 11) is -1.99. The van der Waals surface area contributed by atoms with E-state index in [9.17, 15) is 8.42 Å². The summed E-state index contributed by atoms with van der Waals surface area (Å²) in [6.45, 7) is 2.02. The first kappa shape index (κ1) is 14.4. The van der Waals surface area contributed by atoms with Gasteiger partial charge in [0.05, 0.1) is 11.0 Å². The van der Waals surface area contributed by atoms with Crippen LogP contribution in [0.25, 0.3) is 0 Å². The molecule has 0 spiro atoms. The van der Waals surface area contributed by atoms with Gasteiger partial charge in [-0.25, -0.2) is 13.1 Å². The SMILES string of the molecule is COC(C)CNS(=O)(=O)c1ccccc1CCl. The van der Waals surface area contributed by atoms with Crippen molar-refractivity contribution in [3.63, 3.8) is 0 Å². The number of nitrogens with one attached hydrogen (secondary N) is 1. The third-order valence-corrected chi connectivity index (χ3v) is 4.18. The van der Waals surface area contributed by atoms with Crippen molar-refractivity contribution in [2.75, 3.05) is 13.7 Å². The van der Waals surface area contributed by atoms with Gasteiger partial charge in [-0.2, -0.15) is 0 Å². The van der Waals surface area contributed by atoms with Gasteiger partial charge in [0.2, 0.25) is 10.0 Å². The lowest BCUT2D eigenvalue weighted by atomic mass is 10.2. The highest BCUT2D eigenvalue weighted by atomic mass is 35.5. The monoisotopic (exact) mass is 277 g/mol. The second-order valence-electron chi connectivity index (χ2n) is 3.64. The van der Waals surface area contributed by atoms with Crippen LogP contribution < -0.4 is 4.72 Å². The van der Waals surface area contributed by atoms with Gasteiger partial charge in [-0.15, -0.1) is 11.6 Å². The van der Waals surface area contributed by atoms with E-state index in [-0.39, 0.29) is 23.4 Å². The lowest BCUT2D eigenvalue weighted by Gasteiger charge is -2.13. The fourth-order valence-electron chi connectivity index (χ4n) is 1.26. The van der Waals surface area contributed by atoms with E-state index < -0.39 is 10.0 Å². The smallest absolute Gasteiger partial charge is 0.240 e. The van der Waals surface area contributed by atoms with E-state index in [1.54, 1.807) is 25.1 Å². The molecule has 6 heteroatoms. The Hall–Kier alpha value is -0.620. The third kappa shape index (κ3) is 3.96. The molecule has 0 amide bonds. The number of alkyl halides is 1. The first-order valence-corrected chi connectivity index (χ1v) is 7.19. The van der Waals surface area contributed by atoms with Gasteiger partial charge >= 0.3 is 0 Å². The number of hydrogen-bond donors (Lipinski definition) is 1. The lowest BCUT2D eigenvalue weighted by molar-refractivity contribution is 0.122. The van der Waals surface area contributed by atoms with Crippen molar-refractivity contribution in [1.82, 2.24) is 4.72 Å². The highest BCUT2D eigenvalue weighted by Gasteiger charge is 2.18. The summed E-state index contributed by atoms with van der Waals surface area (Å²) < 4.78 is 31.5. The Morgan fingerprint density at radius 2 is 2.06 bits per heavy atom. The van der Waals surface area contributed by atoms with E-state index in [1.165, 1.54) is 13.2 Å². The molecule has 0 saturated heterocycles. The molecule has 1 aromatic carbocycles. The van der Waals surface area contributed by atoms with E-state index >= 15 is 0 Å². The van der Waals surface area contributed by atoms with Gasteiger partial charge in [-0.05, 0) is 18.6 Å². The summed E-state index contributed by atoms with van der Waals surface area (Å²) in [4.78, 5) is 0.221. The molecule has 1 atom stereocenters. The van der Waals surface area contributed by atoms with Crippen LogP contribution in [0.3, 0.4) is 0 Å². The largest absolute Gasteiger partial charge is 0.380 e. The zero-order chi connectivity index (χ0) is 12.9. The Labute approximate surface area is 107 Å². The highest BCUT2D eigenvalue weighted by Crippen LogP contribution is 2.16. The molecule has 0 radical (unpaired) electrons. The topological polar surface area (TPSA) is 55.4 Å². The number of ether oxygens (including phenoxy) is 1. The fourth-order valence-corrected chi connectivity index (χ4v) is 2.93. The van der Waals surface area contributed by atoms with Crippen LogP contribution in [0, 0.1) is 0 Å². The Bertz CT molecular complexity index is 462. The van der Waals surface area contributed by atoms with Gasteiger partial charge in [0, 0.05) is 19.5 Å². The molecule has 0 aromatic heterocycles. The quantitative estimate of drug-likeness (QED) is 0.806. The maximum absolute atomic E-state index is 12.0. The van der Waals surface area contributed by atoms with Crippen LogP contribution in [0.1, 0.15) is 12.5 Å². The molecule has 1 rings (SSSR count). The standard InChI is InChI=1S/C11H16ClNO3S/c1-9(16-2)8-13-17(14,15)11-6-4-3-5-10(11)7-12/h3-6,9,13H,7-8H2,1-2H3. The maximum Gasteiger partial charge on any atom is 0.240 e. The van der Waals surface area contributed by atoms with Gasteiger partial charge < -0.3 is 4.74 Å². The van der Waals surface area contributed by atoms with E-state index in [1.807, 2.05) is 0 Å². The minimum absolute atomic E-state index is 0.164. The van der Waals surface area contributed by atoms with Crippen LogP contribution in [0.4, 0.5) is 0 Å². The summed E-state index contributed by atoms with van der Waals surface area (Å²) >= 11 is 5.71. The minimum Gasteiger partial charge on any atom is -0.380 e. The van der Waals surface area contributed by atoms with Crippen molar-refractivity contribution < 1.29 is 13.2 Å². The molecule has 1 unspecified atom stereocenters. The molecular formula is C11H16ClNO3S. The second-order valence-corrected chi connectivity index (χ2v) is 5.64. The van der Waals surface area contributed by atoms with Gasteiger partial charge in [-0.3, -0.25) is 0 Å². The molecule has 0 saturated carbocycles. The Kier molecular flexibility index (Phi) is 5.39. The number of sulfonamides is 1. The first-order valence-electron chi connectivity index (χ1n) is 5.17. The lowest BCUT2D eigenvalue weighted by Crippen LogP contribution is -2.32. The number of rotatable bonds is 6. The van der Waals surface area contributed by atoms with Crippen LogP contribution in [0.15, 0.2) is 29.2 Å². The highest BCUT2D eigenvalue weighted by molar-refractivity contribution is 7.89. The average molecular weight is 278 g/mol.